The van der Waals surface area contributed by atoms with Crippen LogP contribution in [0.3, 0.4) is 0 Å². The first kappa shape index (κ1) is 16.2. The van der Waals surface area contributed by atoms with E-state index in [2.05, 4.69) is 80.6 Å². The molecule has 1 aromatic rings. The summed E-state index contributed by atoms with van der Waals surface area (Å²) in [5, 5.41) is 0. The molecular formula is C16H27ISi. The van der Waals surface area contributed by atoms with Crippen LogP contribution >= 0.6 is 22.6 Å². The molecule has 0 heterocycles. The van der Waals surface area contributed by atoms with Crippen molar-refractivity contribution in [2.75, 3.05) is 0 Å². The maximum absolute atomic E-state index is 2.70. The van der Waals surface area contributed by atoms with Gasteiger partial charge in [-0.25, -0.2) is 0 Å². The fourth-order valence-electron chi connectivity index (χ4n) is 3.36. The van der Waals surface area contributed by atoms with Crippen molar-refractivity contribution in [2.24, 2.45) is 0 Å². The first-order valence-corrected chi connectivity index (χ1v) is 11.3. The van der Waals surface area contributed by atoms with Crippen molar-refractivity contribution in [1.82, 2.24) is 0 Å². The third-order valence-corrected chi connectivity index (χ3v) is 13.6. The summed E-state index contributed by atoms with van der Waals surface area (Å²) in [5.74, 6) is 0. The molecule has 0 nitrogen and oxygen atoms in total. The van der Waals surface area contributed by atoms with Gasteiger partial charge in [0.1, 0.15) is 0 Å². The molecule has 0 N–H and O–H groups in total. The summed E-state index contributed by atoms with van der Waals surface area (Å²) >= 11 is 2.70. The van der Waals surface area contributed by atoms with Gasteiger partial charge in [0.2, 0.25) is 0 Å². The predicted molar refractivity (Wildman–Crippen MR) is 94.4 cm³/mol. The highest BCUT2D eigenvalue weighted by Crippen LogP contribution is 2.48. The number of rotatable bonds is 7. The van der Waals surface area contributed by atoms with Crippen LogP contribution in [0.2, 0.25) is 23.7 Å². The van der Waals surface area contributed by atoms with E-state index in [9.17, 15) is 0 Å². The largest absolute Gasteiger partial charge is 0.0774 e. The first-order chi connectivity index (χ1) is 8.65. The van der Waals surface area contributed by atoms with Crippen molar-refractivity contribution in [3.63, 3.8) is 0 Å². The zero-order valence-corrected chi connectivity index (χ0v) is 15.4. The van der Waals surface area contributed by atoms with Crippen LogP contribution < -0.4 is 0 Å². The molecule has 18 heavy (non-hydrogen) atoms. The van der Waals surface area contributed by atoms with E-state index in [1.165, 1.54) is 30.1 Å². The van der Waals surface area contributed by atoms with Crippen LogP contribution in [0.5, 0.6) is 0 Å². The van der Waals surface area contributed by atoms with E-state index in [1.807, 2.05) is 0 Å². The molecule has 2 atom stereocenters. The van der Waals surface area contributed by atoms with E-state index in [-0.39, 0.29) is 0 Å². The summed E-state index contributed by atoms with van der Waals surface area (Å²) in [6.07, 6.45) is 1.34. The van der Waals surface area contributed by atoms with Crippen molar-refractivity contribution in [3.05, 3.63) is 35.9 Å². The first-order valence-electron chi connectivity index (χ1n) is 7.34. The second-order valence-electron chi connectivity index (χ2n) is 5.25. The molecule has 2 heteroatoms. The van der Waals surface area contributed by atoms with Crippen LogP contribution in [0.25, 0.3) is 0 Å². The molecule has 102 valence electrons. The highest BCUT2D eigenvalue weighted by atomic mass is 127. The summed E-state index contributed by atoms with van der Waals surface area (Å²) in [5.41, 5.74) is 2.44. The lowest BCUT2D eigenvalue weighted by atomic mass is 10.1. The van der Waals surface area contributed by atoms with Gasteiger partial charge in [0.05, 0.1) is 8.07 Å². The molecule has 0 aliphatic carbocycles. The number of hydrogen-bond acceptors (Lipinski definition) is 0. The lowest BCUT2D eigenvalue weighted by molar-refractivity contribution is 0.742. The molecule has 0 aliphatic rings. The molecule has 2 unspecified atom stereocenters. The smallest absolute Gasteiger partial charge is 0.0572 e. The molecule has 0 saturated heterocycles. The van der Waals surface area contributed by atoms with Crippen molar-refractivity contribution in [3.8, 4) is 0 Å². The number of hydrogen-bond donors (Lipinski definition) is 0. The summed E-state index contributed by atoms with van der Waals surface area (Å²) in [4.78, 5) is 0. The summed E-state index contributed by atoms with van der Waals surface area (Å²) < 4.78 is 0.695. The molecule has 0 aromatic heterocycles. The Morgan fingerprint density at radius 3 is 1.83 bits per heavy atom. The Balaban J connectivity index is 3.02. The van der Waals surface area contributed by atoms with E-state index in [0.717, 1.165) is 5.54 Å². The fourth-order valence-corrected chi connectivity index (χ4v) is 11.3. The Morgan fingerprint density at radius 1 is 0.944 bits per heavy atom. The predicted octanol–water partition coefficient (Wildman–Crippen LogP) is 6.45. The van der Waals surface area contributed by atoms with Gasteiger partial charge in [-0.3, -0.25) is 0 Å². The van der Waals surface area contributed by atoms with Crippen LogP contribution in [-0.2, 0) is 0 Å². The SMILES string of the molecule is CCC(C(I)c1ccccc1)[Si](CC)(CC)CC. The summed E-state index contributed by atoms with van der Waals surface area (Å²) in [7, 11) is -1.10. The van der Waals surface area contributed by atoms with Gasteiger partial charge in [-0.05, 0) is 11.1 Å². The van der Waals surface area contributed by atoms with E-state index in [4.69, 9.17) is 0 Å². The Kier molecular flexibility index (Phi) is 6.92. The zero-order chi connectivity index (χ0) is 13.6. The molecule has 0 fully saturated rings. The zero-order valence-electron chi connectivity index (χ0n) is 12.2. The minimum atomic E-state index is -1.10. The van der Waals surface area contributed by atoms with Gasteiger partial charge >= 0.3 is 0 Å². The lowest BCUT2D eigenvalue weighted by Gasteiger charge is -2.40. The highest BCUT2D eigenvalue weighted by Gasteiger charge is 2.39. The van der Waals surface area contributed by atoms with E-state index in [1.54, 1.807) is 0 Å². The number of alkyl halides is 1. The van der Waals surface area contributed by atoms with E-state index >= 15 is 0 Å². The Morgan fingerprint density at radius 2 is 1.44 bits per heavy atom. The van der Waals surface area contributed by atoms with Crippen molar-refractivity contribution < 1.29 is 0 Å². The van der Waals surface area contributed by atoms with Crippen molar-refractivity contribution >= 4 is 30.7 Å². The standard InChI is InChI=1S/C16H27ISi/c1-5-15(18(6-2,7-3)8-4)16(17)14-12-10-9-11-13-14/h9-13,15-16H,5-8H2,1-4H3. The van der Waals surface area contributed by atoms with Crippen molar-refractivity contribution in [1.29, 1.82) is 0 Å². The second kappa shape index (κ2) is 7.68. The molecule has 0 aliphatic heterocycles. The molecule has 0 saturated carbocycles. The molecule has 0 radical (unpaired) electrons. The van der Waals surface area contributed by atoms with Gasteiger partial charge in [0.25, 0.3) is 0 Å². The van der Waals surface area contributed by atoms with Crippen LogP contribution in [0.4, 0.5) is 0 Å². The monoisotopic (exact) mass is 374 g/mol. The Bertz CT molecular complexity index is 324. The van der Waals surface area contributed by atoms with Gasteiger partial charge in [-0.1, -0.05) is 105 Å². The Labute approximate surface area is 128 Å². The van der Waals surface area contributed by atoms with Crippen LogP contribution in [-0.4, -0.2) is 8.07 Å². The highest BCUT2D eigenvalue weighted by molar-refractivity contribution is 14.1. The third kappa shape index (κ3) is 3.38. The van der Waals surface area contributed by atoms with Gasteiger partial charge in [-0.15, -0.1) is 0 Å². The van der Waals surface area contributed by atoms with Crippen LogP contribution in [0, 0.1) is 0 Å². The average molecular weight is 374 g/mol. The lowest BCUT2D eigenvalue weighted by Crippen LogP contribution is -2.39. The molecule has 1 aromatic carbocycles. The van der Waals surface area contributed by atoms with Gasteiger partial charge in [0.15, 0.2) is 0 Å². The third-order valence-electron chi connectivity index (χ3n) is 4.81. The summed E-state index contributed by atoms with van der Waals surface area (Å²) in [6, 6.07) is 15.4. The minimum Gasteiger partial charge on any atom is -0.0774 e. The van der Waals surface area contributed by atoms with Gasteiger partial charge < -0.3 is 0 Å². The average Bonchev–Trinajstić information content (AvgIpc) is 2.45. The van der Waals surface area contributed by atoms with E-state index in [0.29, 0.717) is 3.92 Å². The van der Waals surface area contributed by atoms with E-state index < -0.39 is 8.07 Å². The topological polar surface area (TPSA) is 0 Å². The van der Waals surface area contributed by atoms with Gasteiger partial charge in [-0.2, -0.15) is 0 Å². The molecular weight excluding hydrogens is 347 g/mol. The molecule has 0 bridgehead atoms. The fraction of sp³-hybridized carbons (Fsp3) is 0.625. The summed E-state index contributed by atoms with van der Waals surface area (Å²) in [6.45, 7) is 9.67. The minimum absolute atomic E-state index is 0.695. The van der Waals surface area contributed by atoms with Gasteiger partial charge in [0, 0.05) is 3.92 Å². The molecule has 0 spiro atoms. The van der Waals surface area contributed by atoms with Crippen LogP contribution in [0.1, 0.15) is 43.6 Å². The normalized spacial score (nSPS) is 15.4. The number of benzene rings is 1. The quantitative estimate of drug-likeness (QED) is 0.292. The maximum Gasteiger partial charge on any atom is 0.0572 e. The Hall–Kier alpha value is 0.167. The second-order valence-corrected chi connectivity index (χ2v) is 12.2. The maximum atomic E-state index is 2.70. The number of halogens is 1. The van der Waals surface area contributed by atoms with Crippen LogP contribution in [0.15, 0.2) is 30.3 Å². The van der Waals surface area contributed by atoms with Crippen molar-refractivity contribution in [2.45, 2.75) is 61.7 Å². The molecule has 0 amide bonds. The molecule has 1 rings (SSSR count).